The van der Waals surface area contributed by atoms with Gasteiger partial charge in [0.15, 0.2) is 5.96 Å². The SMILES string of the molecule is CCCN1CCC(NC(=NC)NCc2ccc(F)cc2C(F)(F)F)CC1. The van der Waals surface area contributed by atoms with Gasteiger partial charge in [-0.1, -0.05) is 13.0 Å². The van der Waals surface area contributed by atoms with E-state index in [1.165, 1.54) is 0 Å². The third kappa shape index (κ3) is 5.86. The molecule has 0 saturated carbocycles. The summed E-state index contributed by atoms with van der Waals surface area (Å²) in [6.45, 7) is 5.16. The van der Waals surface area contributed by atoms with Crippen molar-refractivity contribution in [2.45, 2.75) is 44.9 Å². The topological polar surface area (TPSA) is 39.7 Å². The van der Waals surface area contributed by atoms with Crippen LogP contribution in [-0.4, -0.2) is 43.6 Å². The van der Waals surface area contributed by atoms with Crippen LogP contribution in [0.2, 0.25) is 0 Å². The van der Waals surface area contributed by atoms with Crippen molar-refractivity contribution in [1.29, 1.82) is 0 Å². The molecule has 0 bridgehead atoms. The van der Waals surface area contributed by atoms with Gasteiger partial charge < -0.3 is 15.5 Å². The Morgan fingerprint density at radius 2 is 1.96 bits per heavy atom. The second-order valence-corrected chi connectivity index (χ2v) is 6.49. The summed E-state index contributed by atoms with van der Waals surface area (Å²) >= 11 is 0. The van der Waals surface area contributed by atoms with Crippen LogP contribution in [0.5, 0.6) is 0 Å². The van der Waals surface area contributed by atoms with Crippen molar-refractivity contribution < 1.29 is 17.6 Å². The molecule has 1 aromatic rings. The zero-order valence-corrected chi connectivity index (χ0v) is 15.2. The quantitative estimate of drug-likeness (QED) is 0.472. The molecule has 1 aliphatic heterocycles. The Bertz CT molecular complexity index is 608. The van der Waals surface area contributed by atoms with E-state index in [0.29, 0.717) is 12.0 Å². The van der Waals surface area contributed by atoms with Crippen molar-refractivity contribution in [3.63, 3.8) is 0 Å². The van der Waals surface area contributed by atoms with E-state index >= 15 is 0 Å². The minimum Gasteiger partial charge on any atom is -0.354 e. The minimum atomic E-state index is -4.60. The molecule has 4 nitrogen and oxygen atoms in total. The lowest BCUT2D eigenvalue weighted by molar-refractivity contribution is -0.138. The van der Waals surface area contributed by atoms with Crippen LogP contribution in [0.25, 0.3) is 0 Å². The number of nitrogens with zero attached hydrogens (tertiary/aromatic N) is 2. The largest absolute Gasteiger partial charge is 0.416 e. The summed E-state index contributed by atoms with van der Waals surface area (Å²) in [6, 6.07) is 2.95. The van der Waals surface area contributed by atoms with E-state index in [1.807, 2.05) is 0 Å². The molecule has 2 N–H and O–H groups in total. The van der Waals surface area contributed by atoms with Crippen LogP contribution >= 0.6 is 0 Å². The number of nitrogens with one attached hydrogen (secondary N) is 2. The highest BCUT2D eigenvalue weighted by atomic mass is 19.4. The van der Waals surface area contributed by atoms with E-state index in [1.54, 1.807) is 7.05 Å². The van der Waals surface area contributed by atoms with Crippen molar-refractivity contribution in [2.75, 3.05) is 26.7 Å². The molecular formula is C18H26F4N4. The number of piperidine rings is 1. The Hall–Kier alpha value is -1.83. The lowest BCUT2D eigenvalue weighted by Gasteiger charge is -2.32. The van der Waals surface area contributed by atoms with E-state index < -0.39 is 17.6 Å². The van der Waals surface area contributed by atoms with Crippen LogP contribution < -0.4 is 10.6 Å². The molecular weight excluding hydrogens is 348 g/mol. The predicted octanol–water partition coefficient (Wildman–Crippen LogP) is 3.38. The molecule has 0 atom stereocenters. The summed E-state index contributed by atoms with van der Waals surface area (Å²) in [5.41, 5.74) is -0.979. The van der Waals surface area contributed by atoms with Crippen LogP contribution in [0.1, 0.15) is 37.3 Å². The van der Waals surface area contributed by atoms with Gasteiger partial charge in [0.2, 0.25) is 0 Å². The first kappa shape index (κ1) is 20.5. The fraction of sp³-hybridized carbons (Fsp3) is 0.611. The molecule has 1 aliphatic rings. The maximum atomic E-state index is 13.2. The van der Waals surface area contributed by atoms with Gasteiger partial charge in [0, 0.05) is 32.7 Å². The second-order valence-electron chi connectivity index (χ2n) is 6.49. The van der Waals surface area contributed by atoms with E-state index in [4.69, 9.17) is 0 Å². The lowest BCUT2D eigenvalue weighted by Crippen LogP contribution is -2.48. The molecule has 1 saturated heterocycles. The maximum absolute atomic E-state index is 13.2. The van der Waals surface area contributed by atoms with Gasteiger partial charge in [-0.3, -0.25) is 4.99 Å². The van der Waals surface area contributed by atoms with Gasteiger partial charge in [-0.25, -0.2) is 4.39 Å². The Morgan fingerprint density at radius 1 is 1.27 bits per heavy atom. The predicted molar refractivity (Wildman–Crippen MR) is 94.5 cm³/mol. The average molecular weight is 374 g/mol. The number of guanidine groups is 1. The summed E-state index contributed by atoms with van der Waals surface area (Å²) in [5, 5.41) is 6.17. The zero-order valence-electron chi connectivity index (χ0n) is 15.2. The fourth-order valence-electron chi connectivity index (χ4n) is 3.15. The van der Waals surface area contributed by atoms with Gasteiger partial charge in [-0.2, -0.15) is 13.2 Å². The van der Waals surface area contributed by atoms with Gasteiger partial charge >= 0.3 is 6.18 Å². The number of benzene rings is 1. The van der Waals surface area contributed by atoms with E-state index in [0.717, 1.165) is 51.0 Å². The third-order valence-electron chi connectivity index (χ3n) is 4.52. The van der Waals surface area contributed by atoms with Crippen molar-refractivity contribution in [2.24, 2.45) is 4.99 Å². The maximum Gasteiger partial charge on any atom is 0.416 e. The first-order chi connectivity index (χ1) is 12.3. The zero-order chi connectivity index (χ0) is 19.2. The summed E-state index contributed by atoms with van der Waals surface area (Å²) in [6.07, 6.45) is -1.54. The molecule has 1 heterocycles. The normalized spacial score (nSPS) is 17.4. The van der Waals surface area contributed by atoms with Crippen LogP contribution in [0, 0.1) is 5.82 Å². The number of likely N-dealkylation sites (tertiary alicyclic amines) is 1. The molecule has 0 radical (unpaired) electrons. The highest BCUT2D eigenvalue weighted by Crippen LogP contribution is 2.32. The van der Waals surface area contributed by atoms with Crippen LogP contribution in [0.15, 0.2) is 23.2 Å². The van der Waals surface area contributed by atoms with Crippen LogP contribution in [-0.2, 0) is 12.7 Å². The Morgan fingerprint density at radius 3 is 2.54 bits per heavy atom. The van der Waals surface area contributed by atoms with Gasteiger partial charge in [0.25, 0.3) is 0 Å². The van der Waals surface area contributed by atoms with Crippen LogP contribution in [0.4, 0.5) is 17.6 Å². The molecule has 0 aromatic heterocycles. The number of hydrogen-bond acceptors (Lipinski definition) is 2. The first-order valence-corrected chi connectivity index (χ1v) is 8.88. The standard InChI is InChI=1S/C18H26F4N4/c1-3-8-26-9-6-15(7-10-26)25-17(23-2)24-12-13-4-5-14(19)11-16(13)18(20,21)22/h4-5,11,15H,3,6-10,12H2,1-2H3,(H2,23,24,25). The number of rotatable bonds is 5. The monoisotopic (exact) mass is 374 g/mol. The molecule has 26 heavy (non-hydrogen) atoms. The van der Waals surface area contributed by atoms with Crippen molar-refractivity contribution in [3.8, 4) is 0 Å². The molecule has 146 valence electrons. The van der Waals surface area contributed by atoms with Crippen molar-refractivity contribution in [1.82, 2.24) is 15.5 Å². The van der Waals surface area contributed by atoms with E-state index in [2.05, 4.69) is 27.4 Å². The second kappa shape index (κ2) is 9.21. The van der Waals surface area contributed by atoms with Crippen LogP contribution in [0.3, 0.4) is 0 Å². The Balaban J connectivity index is 1.92. The summed E-state index contributed by atoms with van der Waals surface area (Å²) in [5.74, 6) is -0.446. The highest BCUT2D eigenvalue weighted by Gasteiger charge is 2.33. The summed E-state index contributed by atoms with van der Waals surface area (Å²) in [4.78, 5) is 6.49. The number of halogens is 4. The molecule has 2 rings (SSSR count). The molecule has 0 amide bonds. The van der Waals surface area contributed by atoms with E-state index in [-0.39, 0.29) is 18.2 Å². The van der Waals surface area contributed by atoms with Crippen molar-refractivity contribution in [3.05, 3.63) is 35.1 Å². The van der Waals surface area contributed by atoms with Gasteiger partial charge in [0.1, 0.15) is 5.82 Å². The highest BCUT2D eigenvalue weighted by molar-refractivity contribution is 5.80. The molecule has 0 aliphatic carbocycles. The Kier molecular flexibility index (Phi) is 7.25. The smallest absolute Gasteiger partial charge is 0.354 e. The van der Waals surface area contributed by atoms with Gasteiger partial charge in [-0.15, -0.1) is 0 Å². The third-order valence-corrected chi connectivity index (χ3v) is 4.52. The molecule has 8 heteroatoms. The number of aliphatic imine (C=N–C) groups is 1. The fourth-order valence-corrected chi connectivity index (χ4v) is 3.15. The molecule has 0 spiro atoms. The first-order valence-electron chi connectivity index (χ1n) is 8.88. The lowest BCUT2D eigenvalue weighted by atomic mass is 10.0. The summed E-state index contributed by atoms with van der Waals surface area (Å²) in [7, 11) is 1.58. The average Bonchev–Trinajstić information content (AvgIpc) is 2.60. The molecule has 1 fully saturated rings. The summed E-state index contributed by atoms with van der Waals surface area (Å²) < 4.78 is 52.4. The number of hydrogen-bond donors (Lipinski definition) is 2. The number of alkyl halides is 3. The minimum absolute atomic E-state index is 0.0142. The van der Waals surface area contributed by atoms with Gasteiger partial charge in [-0.05, 0) is 43.5 Å². The van der Waals surface area contributed by atoms with Gasteiger partial charge in [0.05, 0.1) is 5.56 Å². The van der Waals surface area contributed by atoms with E-state index in [9.17, 15) is 17.6 Å². The molecule has 0 unspecified atom stereocenters. The Labute approximate surface area is 151 Å². The molecule has 1 aromatic carbocycles. The van der Waals surface area contributed by atoms with Crippen molar-refractivity contribution >= 4 is 5.96 Å².